The van der Waals surface area contributed by atoms with E-state index in [1.807, 2.05) is 13.0 Å². The molecule has 12 heavy (non-hydrogen) atoms. The maximum absolute atomic E-state index is 5.01. The summed E-state index contributed by atoms with van der Waals surface area (Å²) in [5.41, 5.74) is 2.14. The van der Waals surface area contributed by atoms with Gasteiger partial charge in [0.2, 0.25) is 0 Å². The minimum absolute atomic E-state index is 0.885. The average molecular weight is 214 g/mol. The van der Waals surface area contributed by atoms with Gasteiger partial charge in [-0.2, -0.15) is 4.37 Å². The normalized spacial score (nSPS) is 10.4. The van der Waals surface area contributed by atoms with Crippen molar-refractivity contribution >= 4 is 35.3 Å². The maximum Gasteiger partial charge on any atom is 0.109 e. The summed E-state index contributed by atoms with van der Waals surface area (Å²) in [6.07, 6.45) is 0. The zero-order chi connectivity index (χ0) is 8.55. The number of hydrogen-bond donors (Lipinski definition) is 1. The van der Waals surface area contributed by atoms with E-state index in [2.05, 4.69) is 14.8 Å². The average Bonchev–Trinajstić information content (AvgIpc) is 2.58. The van der Waals surface area contributed by atoms with Crippen LogP contribution in [-0.2, 0) is 0 Å². The molecule has 2 rings (SSSR count). The van der Waals surface area contributed by atoms with Crippen molar-refractivity contribution in [3.05, 3.63) is 21.7 Å². The Balaban J connectivity index is 2.50. The lowest BCUT2D eigenvalue weighted by atomic mass is 10.3. The molecule has 0 amide bonds. The predicted octanol–water partition coefficient (Wildman–Crippen LogP) is 3.24. The molecule has 0 aliphatic heterocycles. The molecule has 0 bridgehead atoms. The van der Waals surface area contributed by atoms with Crippen LogP contribution in [0, 0.1) is 10.7 Å². The highest BCUT2D eigenvalue weighted by molar-refractivity contribution is 7.73. The van der Waals surface area contributed by atoms with Gasteiger partial charge in [-0.05, 0) is 30.6 Å². The van der Waals surface area contributed by atoms with E-state index in [1.54, 1.807) is 0 Å². The zero-order valence-electron chi connectivity index (χ0n) is 6.33. The molecule has 2 aromatic heterocycles. The van der Waals surface area contributed by atoms with E-state index in [-0.39, 0.29) is 0 Å². The first kappa shape index (κ1) is 8.10. The van der Waals surface area contributed by atoms with E-state index < -0.39 is 0 Å². The van der Waals surface area contributed by atoms with Crippen LogP contribution in [0.25, 0.3) is 10.6 Å². The van der Waals surface area contributed by atoms with E-state index in [1.165, 1.54) is 23.1 Å². The standard InChI is InChI=1S/C7H6N2S3/c1-4-2-6(11-8-4)5-3-7(10)12-9-5/h2-3,9H,1H3. The van der Waals surface area contributed by atoms with Crippen molar-refractivity contribution in [3.63, 3.8) is 0 Å². The molecule has 0 fully saturated rings. The number of aryl methyl sites for hydroxylation is 1. The first-order valence-electron chi connectivity index (χ1n) is 3.38. The van der Waals surface area contributed by atoms with Crippen molar-refractivity contribution in [2.24, 2.45) is 0 Å². The number of aromatic amines is 1. The Bertz CT molecular complexity index is 437. The van der Waals surface area contributed by atoms with Gasteiger partial charge in [0.25, 0.3) is 0 Å². The van der Waals surface area contributed by atoms with Gasteiger partial charge < -0.3 is 4.37 Å². The number of hydrogen-bond acceptors (Lipinski definition) is 4. The zero-order valence-corrected chi connectivity index (χ0v) is 8.78. The second kappa shape index (κ2) is 3.08. The monoisotopic (exact) mass is 214 g/mol. The molecule has 2 heterocycles. The Morgan fingerprint density at radius 3 is 2.83 bits per heavy atom. The first-order chi connectivity index (χ1) is 5.75. The van der Waals surface area contributed by atoms with Gasteiger partial charge >= 0.3 is 0 Å². The Hall–Kier alpha value is -0.520. The predicted molar refractivity (Wildman–Crippen MR) is 55.3 cm³/mol. The van der Waals surface area contributed by atoms with Crippen LogP contribution in [0.1, 0.15) is 5.69 Å². The van der Waals surface area contributed by atoms with E-state index >= 15 is 0 Å². The summed E-state index contributed by atoms with van der Waals surface area (Å²) < 4.78 is 8.22. The molecule has 2 aromatic rings. The van der Waals surface area contributed by atoms with Crippen LogP contribution in [0.15, 0.2) is 12.1 Å². The molecule has 0 aromatic carbocycles. The van der Waals surface area contributed by atoms with Crippen molar-refractivity contribution in [1.82, 2.24) is 8.75 Å². The van der Waals surface area contributed by atoms with Crippen molar-refractivity contribution in [1.29, 1.82) is 0 Å². The molecule has 0 radical (unpaired) electrons. The van der Waals surface area contributed by atoms with E-state index in [4.69, 9.17) is 12.2 Å². The number of nitrogens with one attached hydrogen (secondary N) is 1. The summed E-state index contributed by atoms with van der Waals surface area (Å²) in [5, 5.41) is 0. The fourth-order valence-corrected chi connectivity index (χ4v) is 2.48. The van der Waals surface area contributed by atoms with Gasteiger partial charge in [0.15, 0.2) is 0 Å². The Morgan fingerprint density at radius 2 is 2.33 bits per heavy atom. The minimum atomic E-state index is 0.885. The third kappa shape index (κ3) is 1.48. The Labute approximate surface area is 83.2 Å². The quantitative estimate of drug-likeness (QED) is 0.738. The molecule has 0 aliphatic rings. The van der Waals surface area contributed by atoms with Gasteiger partial charge in [0.1, 0.15) is 3.82 Å². The van der Waals surface area contributed by atoms with Gasteiger partial charge in [-0.15, -0.1) is 0 Å². The topological polar surface area (TPSA) is 28.7 Å². The largest absolute Gasteiger partial charge is 0.309 e. The van der Waals surface area contributed by atoms with Crippen LogP contribution >= 0.6 is 35.3 Å². The van der Waals surface area contributed by atoms with Crippen molar-refractivity contribution < 1.29 is 0 Å². The third-order valence-electron chi connectivity index (χ3n) is 1.42. The molecule has 1 N–H and O–H groups in total. The fourth-order valence-electron chi connectivity index (χ4n) is 0.894. The summed E-state index contributed by atoms with van der Waals surface area (Å²) in [7, 11) is 0. The number of aromatic nitrogens is 2. The highest BCUT2D eigenvalue weighted by Gasteiger charge is 2.02. The van der Waals surface area contributed by atoms with Crippen molar-refractivity contribution in [2.45, 2.75) is 6.92 Å². The molecule has 0 aliphatic carbocycles. The molecule has 5 heteroatoms. The lowest BCUT2D eigenvalue weighted by Crippen LogP contribution is -1.66. The van der Waals surface area contributed by atoms with Crippen molar-refractivity contribution in [3.8, 4) is 10.6 Å². The van der Waals surface area contributed by atoms with Gasteiger partial charge in [0, 0.05) is 0 Å². The number of rotatable bonds is 1. The lowest BCUT2D eigenvalue weighted by molar-refractivity contribution is 1.35. The maximum atomic E-state index is 5.01. The summed E-state index contributed by atoms with van der Waals surface area (Å²) >= 11 is 7.98. The van der Waals surface area contributed by atoms with Crippen LogP contribution in [0.4, 0.5) is 0 Å². The van der Waals surface area contributed by atoms with E-state index in [0.29, 0.717) is 0 Å². The van der Waals surface area contributed by atoms with Crippen molar-refractivity contribution in [2.75, 3.05) is 0 Å². The van der Waals surface area contributed by atoms with Crippen LogP contribution in [0.3, 0.4) is 0 Å². The van der Waals surface area contributed by atoms with E-state index in [9.17, 15) is 0 Å². The number of H-pyrrole nitrogens is 1. The Kier molecular flexibility index (Phi) is 2.08. The molecule has 0 unspecified atom stereocenters. The summed E-state index contributed by atoms with van der Waals surface area (Å²) in [4.78, 5) is 1.15. The SMILES string of the molecule is Cc1cc(-c2cc(=S)s[nH]2)sn1. The molecule has 2 nitrogen and oxygen atoms in total. The third-order valence-corrected chi connectivity index (χ3v) is 3.34. The van der Waals surface area contributed by atoms with Crippen LogP contribution < -0.4 is 0 Å². The molecular formula is C7H6N2S3. The summed E-state index contributed by atoms with van der Waals surface area (Å²) in [6, 6.07) is 4.02. The lowest BCUT2D eigenvalue weighted by Gasteiger charge is -1.84. The minimum Gasteiger partial charge on any atom is -0.309 e. The fraction of sp³-hybridized carbons (Fsp3) is 0.143. The smallest absolute Gasteiger partial charge is 0.109 e. The summed E-state index contributed by atoms with van der Waals surface area (Å²) in [6.45, 7) is 1.99. The second-order valence-corrected chi connectivity index (χ2v) is 4.77. The van der Waals surface area contributed by atoms with E-state index in [0.717, 1.165) is 20.1 Å². The van der Waals surface area contributed by atoms with Crippen LogP contribution in [-0.4, -0.2) is 8.75 Å². The van der Waals surface area contributed by atoms with Gasteiger partial charge in [-0.3, -0.25) is 0 Å². The Morgan fingerprint density at radius 1 is 1.50 bits per heavy atom. The molecule has 62 valence electrons. The molecular weight excluding hydrogens is 208 g/mol. The summed E-state index contributed by atoms with van der Waals surface area (Å²) in [5.74, 6) is 0. The first-order valence-corrected chi connectivity index (χ1v) is 5.38. The number of nitrogens with zero attached hydrogens (tertiary/aromatic N) is 1. The van der Waals surface area contributed by atoms with Gasteiger partial charge in [0.05, 0.1) is 16.3 Å². The highest BCUT2D eigenvalue weighted by atomic mass is 32.2. The van der Waals surface area contributed by atoms with Crippen LogP contribution in [0.2, 0.25) is 0 Å². The van der Waals surface area contributed by atoms with Gasteiger partial charge in [-0.25, -0.2) is 0 Å². The molecule has 0 atom stereocenters. The highest BCUT2D eigenvalue weighted by Crippen LogP contribution is 2.24. The molecule has 0 saturated carbocycles. The van der Waals surface area contributed by atoms with Gasteiger partial charge in [-0.1, -0.05) is 23.8 Å². The van der Waals surface area contributed by atoms with Crippen LogP contribution in [0.5, 0.6) is 0 Å². The molecule has 0 saturated heterocycles. The molecule has 0 spiro atoms. The second-order valence-electron chi connectivity index (χ2n) is 2.41.